The number of nitrogens with zero attached hydrogens (tertiary/aromatic N) is 2. The lowest BCUT2D eigenvalue weighted by molar-refractivity contribution is -0.143. The van der Waals surface area contributed by atoms with Crippen molar-refractivity contribution in [2.24, 2.45) is 0 Å². The summed E-state index contributed by atoms with van der Waals surface area (Å²) in [5.74, 6) is -0.685. The maximum absolute atomic E-state index is 12.3. The zero-order valence-electron chi connectivity index (χ0n) is 14.0. The van der Waals surface area contributed by atoms with Gasteiger partial charge in [-0.2, -0.15) is 0 Å². The monoisotopic (exact) mass is 352 g/mol. The molecular weight excluding hydrogens is 336 g/mol. The smallest absolute Gasteiger partial charge is 0.326 e. The first kappa shape index (κ1) is 17.3. The summed E-state index contributed by atoms with van der Waals surface area (Å²) in [6.07, 6.45) is 1.29. The number of carbonyl (C=O) groups is 2. The predicted octanol–water partition coefficient (Wildman–Crippen LogP) is 1.83. The van der Waals surface area contributed by atoms with E-state index in [4.69, 9.17) is 9.47 Å². The van der Waals surface area contributed by atoms with Gasteiger partial charge < -0.3 is 9.47 Å². The molecule has 2 aromatic carbocycles. The fraction of sp³-hybridized carbons (Fsp3) is 0.158. The number of ether oxygens (including phenoxy) is 2. The zero-order chi connectivity index (χ0) is 18.5. The van der Waals surface area contributed by atoms with Gasteiger partial charge in [-0.25, -0.2) is 4.98 Å². The normalized spacial score (nSPS) is 10.5. The molecule has 0 aliphatic rings. The highest BCUT2D eigenvalue weighted by atomic mass is 16.5. The van der Waals surface area contributed by atoms with E-state index in [9.17, 15) is 14.4 Å². The topological polar surface area (TPSA) is 87.5 Å². The molecule has 1 aromatic heterocycles. The summed E-state index contributed by atoms with van der Waals surface area (Å²) in [6.45, 7) is -0.759. The Morgan fingerprint density at radius 3 is 2.62 bits per heavy atom. The summed E-state index contributed by atoms with van der Waals surface area (Å²) < 4.78 is 11.3. The number of hydrogen-bond acceptors (Lipinski definition) is 6. The van der Waals surface area contributed by atoms with Crippen LogP contribution in [0.25, 0.3) is 10.9 Å². The molecule has 0 radical (unpaired) electrons. The lowest BCUT2D eigenvalue weighted by Crippen LogP contribution is -2.26. The van der Waals surface area contributed by atoms with Crippen LogP contribution in [0.4, 0.5) is 0 Å². The Morgan fingerprint density at radius 1 is 1.08 bits per heavy atom. The Kier molecular flexibility index (Phi) is 5.07. The van der Waals surface area contributed by atoms with Gasteiger partial charge in [-0.3, -0.25) is 19.0 Å². The second-order valence-electron chi connectivity index (χ2n) is 5.48. The molecule has 7 nitrogen and oxygen atoms in total. The summed E-state index contributed by atoms with van der Waals surface area (Å²) in [5.41, 5.74) is 0.532. The van der Waals surface area contributed by atoms with Gasteiger partial charge in [0, 0.05) is 0 Å². The molecule has 1 heterocycles. The van der Waals surface area contributed by atoms with E-state index in [1.807, 2.05) is 0 Å². The molecule has 0 unspecified atom stereocenters. The van der Waals surface area contributed by atoms with Gasteiger partial charge in [0.1, 0.15) is 12.3 Å². The first-order valence-corrected chi connectivity index (χ1v) is 7.86. The van der Waals surface area contributed by atoms with E-state index in [0.29, 0.717) is 22.2 Å². The summed E-state index contributed by atoms with van der Waals surface area (Å²) in [4.78, 5) is 40.7. The van der Waals surface area contributed by atoms with Crippen LogP contribution in [0.5, 0.6) is 5.75 Å². The van der Waals surface area contributed by atoms with Crippen LogP contribution < -0.4 is 10.3 Å². The van der Waals surface area contributed by atoms with Crippen molar-refractivity contribution in [3.8, 4) is 5.75 Å². The van der Waals surface area contributed by atoms with E-state index in [1.54, 1.807) is 48.5 Å². The molecule has 132 valence electrons. The third-order valence-electron chi connectivity index (χ3n) is 3.80. The van der Waals surface area contributed by atoms with Crippen molar-refractivity contribution in [2.75, 3.05) is 13.7 Å². The van der Waals surface area contributed by atoms with E-state index >= 15 is 0 Å². The van der Waals surface area contributed by atoms with Crippen LogP contribution in [0, 0.1) is 0 Å². The minimum absolute atomic E-state index is 0.324. The number of aromatic nitrogens is 2. The van der Waals surface area contributed by atoms with Crippen LogP contribution in [0.1, 0.15) is 10.4 Å². The average Bonchev–Trinajstić information content (AvgIpc) is 2.68. The minimum Gasteiger partial charge on any atom is -0.496 e. The van der Waals surface area contributed by atoms with Crippen molar-refractivity contribution in [1.29, 1.82) is 0 Å². The number of fused-ring (bicyclic) bond motifs is 1. The van der Waals surface area contributed by atoms with Gasteiger partial charge in [0.05, 0.1) is 29.9 Å². The number of benzene rings is 2. The average molecular weight is 352 g/mol. The third kappa shape index (κ3) is 3.61. The van der Waals surface area contributed by atoms with Crippen LogP contribution in [0.15, 0.2) is 59.7 Å². The van der Waals surface area contributed by atoms with Gasteiger partial charge >= 0.3 is 5.97 Å². The maximum atomic E-state index is 12.3. The number of Topliss-reactive ketones (excluding diaryl/α,β-unsaturated/α-hetero) is 1. The number of carbonyl (C=O) groups excluding carboxylic acids is 2. The third-order valence-corrected chi connectivity index (χ3v) is 3.80. The molecule has 0 bridgehead atoms. The van der Waals surface area contributed by atoms with E-state index < -0.39 is 12.6 Å². The van der Waals surface area contributed by atoms with Gasteiger partial charge in [0.2, 0.25) is 5.78 Å². The molecule has 0 saturated carbocycles. The molecule has 0 atom stereocenters. The highest BCUT2D eigenvalue weighted by Gasteiger charge is 2.15. The van der Waals surface area contributed by atoms with Crippen LogP contribution >= 0.6 is 0 Å². The predicted molar refractivity (Wildman–Crippen MR) is 94.3 cm³/mol. The molecule has 0 saturated heterocycles. The number of ketones is 1. The van der Waals surface area contributed by atoms with Gasteiger partial charge in [0.15, 0.2) is 6.61 Å². The first-order chi connectivity index (χ1) is 12.6. The molecule has 3 rings (SSSR count). The van der Waals surface area contributed by atoms with Crippen LogP contribution in [0.3, 0.4) is 0 Å². The Morgan fingerprint density at radius 2 is 1.81 bits per heavy atom. The van der Waals surface area contributed by atoms with Crippen molar-refractivity contribution < 1.29 is 19.1 Å². The summed E-state index contributed by atoms with van der Waals surface area (Å²) in [7, 11) is 1.46. The zero-order valence-corrected chi connectivity index (χ0v) is 14.0. The molecule has 0 N–H and O–H groups in total. The number of para-hydroxylation sites is 2. The van der Waals surface area contributed by atoms with E-state index in [1.165, 1.54) is 13.4 Å². The lowest BCUT2D eigenvalue weighted by atomic mass is 10.1. The Labute approximate surface area is 148 Å². The van der Waals surface area contributed by atoms with Crippen molar-refractivity contribution in [1.82, 2.24) is 9.55 Å². The molecule has 0 amide bonds. The Balaban J connectivity index is 1.67. The molecule has 3 aromatic rings. The lowest BCUT2D eigenvalue weighted by Gasteiger charge is -2.09. The minimum atomic E-state index is -0.701. The molecule has 0 aliphatic heterocycles. The number of esters is 1. The second-order valence-corrected chi connectivity index (χ2v) is 5.48. The van der Waals surface area contributed by atoms with Gasteiger partial charge in [-0.05, 0) is 24.3 Å². The van der Waals surface area contributed by atoms with Crippen molar-refractivity contribution >= 4 is 22.7 Å². The highest BCUT2D eigenvalue weighted by Crippen LogP contribution is 2.17. The molecule has 0 spiro atoms. The van der Waals surface area contributed by atoms with Crippen molar-refractivity contribution in [2.45, 2.75) is 6.54 Å². The summed E-state index contributed by atoms with van der Waals surface area (Å²) in [6, 6.07) is 13.5. The van der Waals surface area contributed by atoms with Crippen LogP contribution in [-0.2, 0) is 16.1 Å². The fourth-order valence-corrected chi connectivity index (χ4v) is 2.50. The standard InChI is InChI=1S/C19H16N2O5/c1-25-17-9-5-3-7-14(17)16(22)11-26-18(23)10-21-12-20-15-8-4-2-6-13(15)19(21)24/h2-9,12H,10-11H2,1H3. The SMILES string of the molecule is COc1ccccc1C(=O)COC(=O)Cn1cnc2ccccc2c1=O. The fourth-order valence-electron chi connectivity index (χ4n) is 2.50. The highest BCUT2D eigenvalue weighted by molar-refractivity contribution is 6.00. The van der Waals surface area contributed by atoms with Gasteiger partial charge in [-0.15, -0.1) is 0 Å². The van der Waals surface area contributed by atoms with Crippen LogP contribution in [-0.4, -0.2) is 35.0 Å². The van der Waals surface area contributed by atoms with E-state index in [2.05, 4.69) is 4.98 Å². The molecule has 26 heavy (non-hydrogen) atoms. The first-order valence-electron chi connectivity index (χ1n) is 7.86. The number of hydrogen-bond donors (Lipinski definition) is 0. The summed E-state index contributed by atoms with van der Waals surface area (Å²) >= 11 is 0. The van der Waals surface area contributed by atoms with E-state index in [-0.39, 0.29) is 17.9 Å². The van der Waals surface area contributed by atoms with Crippen LogP contribution in [0.2, 0.25) is 0 Å². The van der Waals surface area contributed by atoms with Crippen molar-refractivity contribution in [3.05, 3.63) is 70.8 Å². The maximum Gasteiger partial charge on any atom is 0.326 e. The number of rotatable bonds is 6. The van der Waals surface area contributed by atoms with Gasteiger partial charge in [-0.1, -0.05) is 24.3 Å². The quantitative estimate of drug-likeness (QED) is 0.497. The van der Waals surface area contributed by atoms with E-state index in [0.717, 1.165) is 4.57 Å². The molecule has 0 aliphatic carbocycles. The Bertz CT molecular complexity index is 1030. The van der Waals surface area contributed by atoms with Gasteiger partial charge in [0.25, 0.3) is 5.56 Å². The van der Waals surface area contributed by atoms with Crippen molar-refractivity contribution in [3.63, 3.8) is 0 Å². The molecule has 0 fully saturated rings. The largest absolute Gasteiger partial charge is 0.496 e. The Hall–Kier alpha value is -3.48. The molecular formula is C19H16N2O5. The number of methoxy groups -OCH3 is 1. The summed E-state index contributed by atoms with van der Waals surface area (Å²) in [5, 5.41) is 0.410. The second kappa shape index (κ2) is 7.60. The molecule has 7 heteroatoms.